The number of thiophene rings is 1. The van der Waals surface area contributed by atoms with Crippen LogP contribution < -0.4 is 26.6 Å². The lowest BCUT2D eigenvalue weighted by molar-refractivity contribution is 0.267. The van der Waals surface area contributed by atoms with Gasteiger partial charge in [0, 0.05) is 11.4 Å². The Bertz CT molecular complexity index is 1130. The van der Waals surface area contributed by atoms with Gasteiger partial charge in [-0.3, -0.25) is 9.59 Å². The van der Waals surface area contributed by atoms with E-state index in [2.05, 4.69) is 9.97 Å². The maximum absolute atomic E-state index is 12.3. The van der Waals surface area contributed by atoms with Crippen molar-refractivity contribution in [3.63, 3.8) is 0 Å². The first kappa shape index (κ1) is 18.9. The molecule has 0 amide bonds. The fourth-order valence-corrected chi connectivity index (χ4v) is 3.20. The van der Waals surface area contributed by atoms with Gasteiger partial charge in [-0.05, 0) is 43.9 Å². The van der Waals surface area contributed by atoms with Crippen molar-refractivity contribution in [1.82, 2.24) is 14.9 Å². The van der Waals surface area contributed by atoms with Gasteiger partial charge in [0.05, 0.1) is 0 Å². The Morgan fingerprint density at radius 3 is 2.30 bits per heavy atom. The Morgan fingerprint density at radius 2 is 1.63 bits per heavy atom. The van der Waals surface area contributed by atoms with Gasteiger partial charge < -0.3 is 19.6 Å². The van der Waals surface area contributed by atoms with Crippen molar-refractivity contribution in [1.29, 1.82) is 0 Å². The summed E-state index contributed by atoms with van der Waals surface area (Å²) < 4.78 is 5.67. The number of aromatic nitrogens is 2. The Balaban J connectivity index is 1.87. The first-order valence-electron chi connectivity index (χ1n) is 8.50. The summed E-state index contributed by atoms with van der Waals surface area (Å²) in [7, 11) is 3.97. The van der Waals surface area contributed by atoms with E-state index in [0.29, 0.717) is 6.61 Å². The summed E-state index contributed by atoms with van der Waals surface area (Å²) in [5, 5.41) is 1.21. The quantitative estimate of drug-likeness (QED) is 0.658. The fourth-order valence-electron chi connectivity index (χ4n) is 2.37. The van der Waals surface area contributed by atoms with E-state index in [4.69, 9.17) is 4.74 Å². The van der Waals surface area contributed by atoms with Crippen molar-refractivity contribution in [2.45, 2.75) is 0 Å². The van der Waals surface area contributed by atoms with Crippen LogP contribution in [0.25, 0.3) is 12.2 Å². The largest absolute Gasteiger partial charge is 0.483 e. The number of nitrogens with one attached hydrogen (secondary N) is 2. The molecule has 0 bridgehead atoms. The normalized spacial score (nSPS) is 12.7. The molecule has 3 aromatic rings. The number of rotatable bonds is 6. The van der Waals surface area contributed by atoms with Gasteiger partial charge in [-0.1, -0.05) is 41.7 Å². The molecule has 3 rings (SSSR count). The molecule has 0 saturated heterocycles. The number of hydrogen-bond acceptors (Lipinski definition) is 5. The van der Waals surface area contributed by atoms with E-state index >= 15 is 0 Å². The van der Waals surface area contributed by atoms with Crippen LogP contribution in [0.2, 0.25) is 0 Å². The lowest BCUT2D eigenvalue weighted by Gasteiger charge is -2.09. The van der Waals surface area contributed by atoms with Gasteiger partial charge in [0.25, 0.3) is 11.1 Å². The average Bonchev–Trinajstić information content (AvgIpc) is 3.07. The minimum atomic E-state index is -0.347. The Labute approximate surface area is 160 Å². The highest BCUT2D eigenvalue weighted by Crippen LogP contribution is 2.24. The number of H-pyrrole nitrogens is 2. The number of aromatic amines is 2. The summed E-state index contributed by atoms with van der Waals surface area (Å²) in [5.74, 6) is 0. The van der Waals surface area contributed by atoms with Crippen molar-refractivity contribution in [3.05, 3.63) is 84.3 Å². The third-order valence-corrected chi connectivity index (χ3v) is 4.71. The van der Waals surface area contributed by atoms with Crippen LogP contribution in [0, 0.1) is 0 Å². The van der Waals surface area contributed by atoms with E-state index in [-0.39, 0.29) is 21.8 Å². The molecule has 0 aliphatic carbocycles. The molecule has 0 fully saturated rings. The maximum atomic E-state index is 12.3. The molecule has 2 aromatic heterocycles. The van der Waals surface area contributed by atoms with Crippen molar-refractivity contribution < 1.29 is 4.74 Å². The van der Waals surface area contributed by atoms with E-state index < -0.39 is 0 Å². The van der Waals surface area contributed by atoms with Crippen molar-refractivity contribution in [2.24, 2.45) is 0 Å². The summed E-state index contributed by atoms with van der Waals surface area (Å²) in [4.78, 5) is 32.8. The molecule has 27 heavy (non-hydrogen) atoms. The molecule has 0 aliphatic heterocycles. The van der Waals surface area contributed by atoms with Crippen LogP contribution in [0.3, 0.4) is 0 Å². The van der Waals surface area contributed by atoms with E-state index in [1.165, 1.54) is 11.3 Å². The van der Waals surface area contributed by atoms with Gasteiger partial charge in [-0.15, -0.1) is 0 Å². The van der Waals surface area contributed by atoms with Crippen LogP contribution in [0.1, 0.15) is 10.4 Å². The molecule has 0 aliphatic rings. The third-order valence-electron chi connectivity index (χ3n) is 3.77. The predicted octanol–water partition coefficient (Wildman–Crippen LogP) is 0.723. The SMILES string of the molecule is CN(C)CCOc1ccc(C=c2[nH]c(=O)c(=Cc3ccccc3)[nH]c2=O)s1. The van der Waals surface area contributed by atoms with Gasteiger partial charge >= 0.3 is 0 Å². The van der Waals surface area contributed by atoms with Crippen LogP contribution in [-0.4, -0.2) is 42.1 Å². The van der Waals surface area contributed by atoms with Crippen LogP contribution in [0.15, 0.2) is 52.1 Å². The van der Waals surface area contributed by atoms with Gasteiger partial charge in [-0.25, -0.2) is 0 Å². The first-order chi connectivity index (χ1) is 13.0. The molecular formula is C20H21N3O3S. The highest BCUT2D eigenvalue weighted by Gasteiger charge is 2.01. The average molecular weight is 383 g/mol. The van der Waals surface area contributed by atoms with Crippen molar-refractivity contribution >= 4 is 23.5 Å². The first-order valence-corrected chi connectivity index (χ1v) is 9.31. The molecule has 0 radical (unpaired) electrons. The lowest BCUT2D eigenvalue weighted by atomic mass is 10.2. The van der Waals surface area contributed by atoms with E-state index in [0.717, 1.165) is 22.0 Å². The molecule has 140 valence electrons. The number of nitrogens with zero attached hydrogens (tertiary/aromatic N) is 1. The molecule has 2 N–H and O–H groups in total. The summed E-state index contributed by atoms with van der Waals surface area (Å²) in [6.45, 7) is 1.41. The zero-order valence-electron chi connectivity index (χ0n) is 15.2. The second kappa shape index (κ2) is 8.66. The highest BCUT2D eigenvalue weighted by atomic mass is 32.1. The second-order valence-electron chi connectivity index (χ2n) is 6.24. The van der Waals surface area contributed by atoms with E-state index in [9.17, 15) is 9.59 Å². The van der Waals surface area contributed by atoms with Gasteiger partial charge in [0.1, 0.15) is 17.3 Å². The van der Waals surface area contributed by atoms with Crippen molar-refractivity contribution in [2.75, 3.05) is 27.2 Å². The lowest BCUT2D eigenvalue weighted by Crippen LogP contribution is -2.46. The summed E-state index contributed by atoms with van der Waals surface area (Å²) >= 11 is 1.42. The summed E-state index contributed by atoms with van der Waals surface area (Å²) in [6.07, 6.45) is 3.29. The molecule has 0 unspecified atom stereocenters. The monoisotopic (exact) mass is 383 g/mol. The minimum absolute atomic E-state index is 0.215. The second-order valence-corrected chi connectivity index (χ2v) is 7.32. The molecule has 0 saturated carbocycles. The Morgan fingerprint density at radius 1 is 0.963 bits per heavy atom. The Kier molecular flexibility index (Phi) is 6.05. The molecule has 0 atom stereocenters. The topological polar surface area (TPSA) is 78.2 Å². The van der Waals surface area contributed by atoms with Gasteiger partial charge in [0.15, 0.2) is 5.06 Å². The Hall–Kier alpha value is -2.90. The third kappa shape index (κ3) is 5.29. The maximum Gasteiger partial charge on any atom is 0.272 e. The molecule has 6 nitrogen and oxygen atoms in total. The smallest absolute Gasteiger partial charge is 0.272 e. The number of ether oxygens (including phenoxy) is 1. The van der Waals surface area contributed by atoms with Crippen LogP contribution in [-0.2, 0) is 0 Å². The van der Waals surface area contributed by atoms with Crippen molar-refractivity contribution in [3.8, 4) is 5.06 Å². The molecule has 7 heteroatoms. The highest BCUT2D eigenvalue weighted by molar-refractivity contribution is 7.14. The predicted molar refractivity (Wildman–Crippen MR) is 109 cm³/mol. The van der Waals surface area contributed by atoms with Gasteiger partial charge in [0.2, 0.25) is 0 Å². The fraction of sp³-hybridized carbons (Fsp3) is 0.200. The zero-order chi connectivity index (χ0) is 19.2. The molecule has 2 heterocycles. The summed E-state index contributed by atoms with van der Waals surface area (Å²) in [6, 6.07) is 13.1. The van der Waals surface area contributed by atoms with E-state index in [1.54, 1.807) is 12.2 Å². The number of hydrogen-bond donors (Lipinski definition) is 2. The van der Waals surface area contributed by atoms with Gasteiger partial charge in [-0.2, -0.15) is 0 Å². The standard InChI is InChI=1S/C20H21N3O3S/c1-23(2)10-11-26-18-9-8-15(27-18)13-17-20(25)21-16(19(24)22-17)12-14-6-4-3-5-7-14/h3-9,12-13H,10-11H2,1-2H3,(H,21,25)(H,22,24). The minimum Gasteiger partial charge on any atom is -0.483 e. The molecule has 1 aromatic carbocycles. The number of benzene rings is 1. The summed E-state index contributed by atoms with van der Waals surface area (Å²) in [5.41, 5.74) is 0.150. The van der Waals surface area contributed by atoms with Crippen LogP contribution in [0.4, 0.5) is 0 Å². The number of likely N-dealkylation sites (N-methyl/N-ethyl adjacent to an activating group) is 1. The van der Waals surface area contributed by atoms with Crippen LogP contribution >= 0.6 is 11.3 Å². The van der Waals surface area contributed by atoms with Crippen LogP contribution in [0.5, 0.6) is 5.06 Å². The molecular weight excluding hydrogens is 362 g/mol. The van der Waals surface area contributed by atoms with E-state index in [1.807, 2.05) is 61.5 Å². The zero-order valence-corrected chi connectivity index (χ0v) is 16.0. The molecule has 0 spiro atoms.